The molecule has 4 rings (SSSR count). The summed E-state index contributed by atoms with van der Waals surface area (Å²) in [6.45, 7) is 3.21. The minimum absolute atomic E-state index is 0.0756. The lowest BCUT2D eigenvalue weighted by atomic mass is 9.96. The van der Waals surface area contributed by atoms with E-state index in [0.29, 0.717) is 44.5 Å². The van der Waals surface area contributed by atoms with Gasteiger partial charge in [-0.2, -0.15) is 4.31 Å². The van der Waals surface area contributed by atoms with Gasteiger partial charge in [-0.05, 0) is 55.9 Å². The Kier molecular flexibility index (Phi) is 6.87. The molecule has 166 valence electrons. The molecule has 0 aliphatic carbocycles. The van der Waals surface area contributed by atoms with E-state index in [0.717, 1.165) is 37.7 Å². The number of hydrogen-bond acceptors (Lipinski definition) is 5. The third-order valence-electron chi connectivity index (χ3n) is 6.18. The quantitative estimate of drug-likeness (QED) is 0.743. The summed E-state index contributed by atoms with van der Waals surface area (Å²) in [4.78, 5) is 19.1. The van der Waals surface area contributed by atoms with Crippen molar-refractivity contribution >= 4 is 21.7 Å². The number of carbonyl (C=O) groups is 1. The largest absolute Gasteiger partial charge is 0.369 e. The Morgan fingerprint density at radius 3 is 2.39 bits per heavy atom. The van der Waals surface area contributed by atoms with Gasteiger partial charge in [0, 0.05) is 44.5 Å². The first-order valence-corrected chi connectivity index (χ1v) is 12.5. The summed E-state index contributed by atoms with van der Waals surface area (Å²) >= 11 is 0. The predicted octanol–water partition coefficient (Wildman–Crippen LogP) is 3.22. The van der Waals surface area contributed by atoms with Crippen LogP contribution < -0.4 is 5.32 Å². The summed E-state index contributed by atoms with van der Waals surface area (Å²) in [7, 11) is -3.54. The van der Waals surface area contributed by atoms with Crippen LogP contribution in [0, 0.1) is 5.92 Å². The maximum Gasteiger partial charge on any atom is 0.253 e. The van der Waals surface area contributed by atoms with Gasteiger partial charge < -0.3 is 10.2 Å². The van der Waals surface area contributed by atoms with Gasteiger partial charge in [-0.3, -0.25) is 4.79 Å². The van der Waals surface area contributed by atoms with E-state index >= 15 is 0 Å². The van der Waals surface area contributed by atoms with E-state index in [1.165, 1.54) is 0 Å². The van der Waals surface area contributed by atoms with Gasteiger partial charge in [0.25, 0.3) is 5.91 Å². The Morgan fingerprint density at radius 1 is 0.968 bits per heavy atom. The average Bonchev–Trinajstić information content (AvgIpc) is 2.84. The van der Waals surface area contributed by atoms with Crippen molar-refractivity contribution in [1.29, 1.82) is 0 Å². The van der Waals surface area contributed by atoms with E-state index in [1.807, 2.05) is 35.2 Å². The van der Waals surface area contributed by atoms with Crippen LogP contribution in [-0.2, 0) is 10.0 Å². The summed E-state index contributed by atoms with van der Waals surface area (Å²) < 4.78 is 27.8. The van der Waals surface area contributed by atoms with Crippen LogP contribution in [0.1, 0.15) is 42.5 Å². The van der Waals surface area contributed by atoms with Crippen LogP contribution in [0.15, 0.2) is 53.6 Å². The second kappa shape index (κ2) is 9.78. The van der Waals surface area contributed by atoms with E-state index in [4.69, 9.17) is 0 Å². The minimum atomic E-state index is -3.54. The highest BCUT2D eigenvalue weighted by Gasteiger charge is 2.29. The van der Waals surface area contributed by atoms with Crippen molar-refractivity contribution < 1.29 is 13.2 Å². The number of likely N-dealkylation sites (tertiary alicyclic amines) is 1. The molecule has 0 spiro atoms. The number of pyridine rings is 1. The Balaban J connectivity index is 1.35. The van der Waals surface area contributed by atoms with Crippen LogP contribution >= 0.6 is 0 Å². The number of amides is 1. The molecule has 0 saturated carbocycles. The molecule has 8 heteroatoms. The molecule has 1 N–H and O–H groups in total. The van der Waals surface area contributed by atoms with Gasteiger partial charge in [-0.25, -0.2) is 13.4 Å². The van der Waals surface area contributed by atoms with Crippen molar-refractivity contribution in [3.05, 3.63) is 54.2 Å². The fourth-order valence-corrected chi connectivity index (χ4v) is 5.96. The molecule has 2 fully saturated rings. The molecule has 7 nitrogen and oxygen atoms in total. The number of carbonyl (C=O) groups excluding carboxylic acids is 1. The minimum Gasteiger partial charge on any atom is -0.369 e. The number of nitrogens with zero attached hydrogens (tertiary/aromatic N) is 3. The molecule has 0 radical (unpaired) electrons. The topological polar surface area (TPSA) is 82.6 Å². The highest BCUT2D eigenvalue weighted by atomic mass is 32.2. The fraction of sp³-hybridized carbons (Fsp3) is 0.478. The summed E-state index contributed by atoms with van der Waals surface area (Å²) in [5, 5.41) is 3.28. The zero-order valence-electron chi connectivity index (χ0n) is 17.7. The third kappa shape index (κ3) is 5.07. The van der Waals surface area contributed by atoms with E-state index in [1.54, 1.807) is 22.6 Å². The number of nitrogens with one attached hydrogen (secondary N) is 1. The fourth-order valence-electron chi connectivity index (χ4n) is 4.32. The molecular weight excluding hydrogens is 412 g/mol. The maximum absolute atomic E-state index is 13.1. The number of piperidine rings is 2. The van der Waals surface area contributed by atoms with Crippen molar-refractivity contribution in [1.82, 2.24) is 14.2 Å². The molecule has 3 heterocycles. The van der Waals surface area contributed by atoms with E-state index < -0.39 is 10.0 Å². The molecule has 1 aromatic carbocycles. The van der Waals surface area contributed by atoms with Crippen LogP contribution in [0.5, 0.6) is 0 Å². The number of sulfonamides is 1. The lowest BCUT2D eigenvalue weighted by molar-refractivity contribution is 0.0695. The molecule has 0 atom stereocenters. The molecule has 0 unspecified atom stereocenters. The number of benzene rings is 1. The molecular formula is C23H30N4O3S. The van der Waals surface area contributed by atoms with Gasteiger partial charge in [-0.15, -0.1) is 0 Å². The summed E-state index contributed by atoms with van der Waals surface area (Å²) in [5.41, 5.74) is 0.722. The summed E-state index contributed by atoms with van der Waals surface area (Å²) in [5.74, 6) is 0.870. The normalized spacial score (nSPS) is 18.6. The first-order valence-electron chi connectivity index (χ1n) is 11.1. The first-order chi connectivity index (χ1) is 15.1. The average molecular weight is 443 g/mol. The van der Waals surface area contributed by atoms with Crippen LogP contribution in [0.3, 0.4) is 0 Å². The van der Waals surface area contributed by atoms with Crippen LogP contribution in [0.25, 0.3) is 0 Å². The van der Waals surface area contributed by atoms with Gasteiger partial charge >= 0.3 is 0 Å². The molecule has 2 aliphatic rings. The van der Waals surface area contributed by atoms with Crippen molar-refractivity contribution in [2.45, 2.75) is 37.0 Å². The molecule has 1 aromatic heterocycles. The van der Waals surface area contributed by atoms with Crippen LogP contribution in [0.4, 0.5) is 5.82 Å². The molecule has 1 amide bonds. The Labute approximate surface area is 184 Å². The number of anilines is 1. The SMILES string of the molecule is O=C(c1ccccc1)N1CCC(CNc2ncccc2S(=O)(=O)N2CCCCC2)CC1. The second-order valence-electron chi connectivity index (χ2n) is 8.30. The van der Waals surface area contributed by atoms with Crippen LogP contribution in [0.2, 0.25) is 0 Å². The summed E-state index contributed by atoms with van der Waals surface area (Å²) in [6, 6.07) is 12.7. The Hall–Kier alpha value is -2.45. The highest BCUT2D eigenvalue weighted by molar-refractivity contribution is 7.89. The standard InChI is InChI=1S/C23H30N4O3S/c28-23(20-8-3-1-4-9-20)26-16-11-19(12-17-26)18-25-22-21(10-7-13-24-22)31(29,30)27-14-5-2-6-15-27/h1,3-4,7-10,13,19H,2,5-6,11-12,14-18H2,(H,24,25). The smallest absolute Gasteiger partial charge is 0.253 e. The third-order valence-corrected chi connectivity index (χ3v) is 8.11. The van der Waals surface area contributed by atoms with Crippen molar-refractivity contribution in [2.24, 2.45) is 5.92 Å². The molecule has 2 saturated heterocycles. The van der Waals surface area contributed by atoms with E-state index in [9.17, 15) is 13.2 Å². The van der Waals surface area contributed by atoms with Gasteiger partial charge in [0.15, 0.2) is 0 Å². The number of rotatable bonds is 6. The van der Waals surface area contributed by atoms with Gasteiger partial charge in [0.1, 0.15) is 10.7 Å². The first kappa shape index (κ1) is 21.8. The molecule has 0 bridgehead atoms. The van der Waals surface area contributed by atoms with E-state index in [2.05, 4.69) is 10.3 Å². The monoisotopic (exact) mass is 442 g/mol. The second-order valence-corrected chi connectivity index (χ2v) is 10.2. The van der Waals surface area contributed by atoms with E-state index in [-0.39, 0.29) is 10.8 Å². The lowest BCUT2D eigenvalue weighted by Gasteiger charge is -2.32. The summed E-state index contributed by atoms with van der Waals surface area (Å²) in [6.07, 6.45) is 6.28. The molecule has 31 heavy (non-hydrogen) atoms. The van der Waals surface area contributed by atoms with Crippen molar-refractivity contribution in [2.75, 3.05) is 38.0 Å². The molecule has 2 aliphatic heterocycles. The zero-order valence-corrected chi connectivity index (χ0v) is 18.6. The Morgan fingerprint density at radius 2 is 1.68 bits per heavy atom. The van der Waals surface area contributed by atoms with Crippen molar-refractivity contribution in [3.63, 3.8) is 0 Å². The highest BCUT2D eigenvalue weighted by Crippen LogP contribution is 2.26. The van der Waals surface area contributed by atoms with Gasteiger partial charge in [-0.1, -0.05) is 24.6 Å². The van der Waals surface area contributed by atoms with Gasteiger partial charge in [0.2, 0.25) is 10.0 Å². The number of hydrogen-bond donors (Lipinski definition) is 1. The Bertz CT molecular complexity index is 983. The van der Waals surface area contributed by atoms with Gasteiger partial charge in [0.05, 0.1) is 0 Å². The molecule has 2 aromatic rings. The zero-order chi connectivity index (χ0) is 21.7. The maximum atomic E-state index is 13.1. The predicted molar refractivity (Wildman–Crippen MR) is 120 cm³/mol. The number of aromatic nitrogens is 1. The van der Waals surface area contributed by atoms with Crippen molar-refractivity contribution in [3.8, 4) is 0 Å². The lowest BCUT2D eigenvalue weighted by Crippen LogP contribution is -2.40. The van der Waals surface area contributed by atoms with Crippen LogP contribution in [-0.4, -0.2) is 61.2 Å².